The lowest BCUT2D eigenvalue weighted by molar-refractivity contribution is -0.384. The first kappa shape index (κ1) is 17.1. The highest BCUT2D eigenvalue weighted by molar-refractivity contribution is 7.20. The number of benzene rings is 1. The van der Waals surface area contributed by atoms with Gasteiger partial charge < -0.3 is 9.88 Å². The predicted molar refractivity (Wildman–Crippen MR) is 95.7 cm³/mol. The number of thiophene rings is 1. The number of nitro benzene ring substituents is 1. The lowest BCUT2D eigenvalue weighted by Crippen LogP contribution is -2.17. The smallest absolute Gasteiger partial charge is 0.271 e. The van der Waals surface area contributed by atoms with Gasteiger partial charge in [-0.1, -0.05) is 11.6 Å². The van der Waals surface area contributed by atoms with Gasteiger partial charge in [0.25, 0.3) is 17.2 Å². The van der Waals surface area contributed by atoms with Gasteiger partial charge in [0.2, 0.25) is 0 Å². The molecule has 0 aliphatic carbocycles. The molecule has 0 saturated carbocycles. The van der Waals surface area contributed by atoms with E-state index in [9.17, 15) is 19.7 Å². The van der Waals surface area contributed by atoms with Gasteiger partial charge in [-0.3, -0.25) is 19.7 Å². The molecule has 3 rings (SSSR count). The van der Waals surface area contributed by atoms with E-state index in [1.165, 1.54) is 23.0 Å². The van der Waals surface area contributed by atoms with Gasteiger partial charge in [-0.2, -0.15) is 0 Å². The molecule has 0 saturated heterocycles. The average molecular weight is 379 g/mol. The Kier molecular flexibility index (Phi) is 4.27. The summed E-state index contributed by atoms with van der Waals surface area (Å²) in [6.45, 7) is 1.67. The lowest BCUT2D eigenvalue weighted by atomic mass is 10.2. The molecular weight excluding hydrogens is 368 g/mol. The number of hydrogen-bond acceptors (Lipinski definition) is 6. The molecule has 0 aliphatic rings. The van der Waals surface area contributed by atoms with Crippen LogP contribution in [0.5, 0.6) is 0 Å². The molecule has 0 fully saturated rings. The van der Waals surface area contributed by atoms with Crippen molar-refractivity contribution >= 4 is 50.4 Å². The molecule has 0 atom stereocenters. The van der Waals surface area contributed by atoms with Gasteiger partial charge in [-0.25, -0.2) is 4.98 Å². The summed E-state index contributed by atoms with van der Waals surface area (Å²) in [5.41, 5.74) is 0.374. The van der Waals surface area contributed by atoms with Gasteiger partial charge in [0.15, 0.2) is 0 Å². The molecule has 1 aromatic carbocycles. The minimum Gasteiger partial charge on any atom is -0.320 e. The lowest BCUT2D eigenvalue weighted by Gasteiger charge is -2.06. The van der Waals surface area contributed by atoms with Crippen LogP contribution >= 0.6 is 22.9 Å². The summed E-state index contributed by atoms with van der Waals surface area (Å²) in [6, 6.07) is 3.77. The number of aryl methyl sites for hydroxylation is 2. The number of carbonyl (C=O) groups is 1. The minimum atomic E-state index is -0.574. The first-order valence-electron chi connectivity index (χ1n) is 6.99. The molecule has 8 nitrogen and oxygen atoms in total. The standard InChI is InChI=1S/C15H11ClN4O4S/c1-7-11-14(17-6-19(2)15(11)22)25-12(7)13(21)18-10-4-3-8(20(23)24)5-9(10)16/h3-6H,1-2H3,(H,18,21). The van der Waals surface area contributed by atoms with E-state index in [1.54, 1.807) is 14.0 Å². The number of nitrogens with one attached hydrogen (secondary N) is 1. The Morgan fingerprint density at radius 2 is 2.16 bits per heavy atom. The highest BCUT2D eigenvalue weighted by Crippen LogP contribution is 2.30. The third-order valence-electron chi connectivity index (χ3n) is 3.63. The van der Waals surface area contributed by atoms with Gasteiger partial charge in [-0.15, -0.1) is 11.3 Å². The maximum Gasteiger partial charge on any atom is 0.271 e. The van der Waals surface area contributed by atoms with Gasteiger partial charge in [0.1, 0.15) is 4.83 Å². The predicted octanol–water partition coefficient (Wildman–Crippen LogP) is 3.12. The number of fused-ring (bicyclic) bond motifs is 1. The summed E-state index contributed by atoms with van der Waals surface area (Å²) in [6.07, 6.45) is 1.40. The van der Waals surface area contributed by atoms with Crippen molar-refractivity contribution in [2.75, 3.05) is 5.32 Å². The monoisotopic (exact) mass is 378 g/mol. The molecule has 1 N–H and O–H groups in total. The number of carbonyl (C=O) groups excluding carboxylic acids is 1. The first-order chi connectivity index (χ1) is 11.8. The van der Waals surface area contributed by atoms with Crippen molar-refractivity contribution < 1.29 is 9.72 Å². The summed E-state index contributed by atoms with van der Waals surface area (Å²) in [5.74, 6) is -0.460. The third-order valence-corrected chi connectivity index (χ3v) is 5.14. The fourth-order valence-electron chi connectivity index (χ4n) is 2.32. The van der Waals surface area contributed by atoms with E-state index < -0.39 is 10.8 Å². The zero-order valence-electron chi connectivity index (χ0n) is 13.1. The van der Waals surface area contributed by atoms with Crippen LogP contribution in [0.25, 0.3) is 10.2 Å². The van der Waals surface area contributed by atoms with Crippen LogP contribution < -0.4 is 10.9 Å². The Morgan fingerprint density at radius 3 is 2.80 bits per heavy atom. The van der Waals surface area contributed by atoms with Crippen LogP contribution in [-0.4, -0.2) is 20.4 Å². The molecule has 0 spiro atoms. The van der Waals surface area contributed by atoms with Crippen molar-refractivity contribution in [1.82, 2.24) is 9.55 Å². The Bertz CT molecular complexity index is 1090. The molecule has 10 heteroatoms. The van der Waals surface area contributed by atoms with E-state index in [2.05, 4.69) is 10.3 Å². The number of nitrogens with zero attached hydrogens (tertiary/aromatic N) is 3. The fraction of sp³-hybridized carbons (Fsp3) is 0.133. The van der Waals surface area contributed by atoms with Crippen LogP contribution in [0, 0.1) is 17.0 Å². The van der Waals surface area contributed by atoms with Crippen molar-refractivity contribution in [3.8, 4) is 0 Å². The maximum absolute atomic E-state index is 12.5. The Balaban J connectivity index is 1.98. The number of hydrogen-bond donors (Lipinski definition) is 1. The topological polar surface area (TPSA) is 107 Å². The Hall–Kier alpha value is -2.78. The van der Waals surface area contributed by atoms with Gasteiger partial charge in [0.05, 0.1) is 32.2 Å². The second kappa shape index (κ2) is 6.26. The molecular formula is C15H11ClN4O4S. The second-order valence-electron chi connectivity index (χ2n) is 5.27. The van der Waals surface area contributed by atoms with Crippen molar-refractivity contribution in [2.24, 2.45) is 7.05 Å². The third kappa shape index (κ3) is 2.99. The summed E-state index contributed by atoms with van der Waals surface area (Å²) in [4.78, 5) is 39.9. The SMILES string of the molecule is Cc1c(C(=O)Nc2ccc([N+](=O)[O-])cc2Cl)sc2ncn(C)c(=O)c12. The number of non-ortho nitro benzene ring substituents is 1. The maximum atomic E-state index is 12.5. The first-order valence-corrected chi connectivity index (χ1v) is 8.19. The van der Waals surface area contributed by atoms with Crippen LogP contribution in [0.4, 0.5) is 11.4 Å². The molecule has 0 bridgehead atoms. The molecule has 3 aromatic rings. The molecule has 0 radical (unpaired) electrons. The Morgan fingerprint density at radius 1 is 1.44 bits per heavy atom. The minimum absolute atomic E-state index is 0.0513. The molecule has 2 aromatic heterocycles. The van der Waals surface area contributed by atoms with Crippen molar-refractivity contribution in [1.29, 1.82) is 0 Å². The second-order valence-corrected chi connectivity index (χ2v) is 6.68. The quantitative estimate of drug-likeness (QED) is 0.556. The number of anilines is 1. The van der Waals surface area contributed by atoms with E-state index in [1.807, 2.05) is 0 Å². The Labute approximate surface area is 149 Å². The summed E-state index contributed by atoms with van der Waals surface area (Å²) < 4.78 is 1.34. The van der Waals surface area contributed by atoms with Crippen LogP contribution in [-0.2, 0) is 7.05 Å². The van der Waals surface area contributed by atoms with Crippen molar-refractivity contribution in [2.45, 2.75) is 6.92 Å². The molecule has 2 heterocycles. The number of nitro groups is 1. The molecule has 0 unspecified atom stereocenters. The highest BCUT2D eigenvalue weighted by atomic mass is 35.5. The highest BCUT2D eigenvalue weighted by Gasteiger charge is 2.20. The zero-order chi connectivity index (χ0) is 18.3. The van der Waals surface area contributed by atoms with Crippen molar-refractivity contribution in [3.05, 3.63) is 60.5 Å². The van der Waals surface area contributed by atoms with Gasteiger partial charge in [-0.05, 0) is 18.6 Å². The van der Waals surface area contributed by atoms with E-state index >= 15 is 0 Å². The van der Waals surface area contributed by atoms with Crippen molar-refractivity contribution in [3.63, 3.8) is 0 Å². The van der Waals surface area contributed by atoms with E-state index in [4.69, 9.17) is 11.6 Å². The van der Waals surface area contributed by atoms with Crippen LogP contribution in [0.15, 0.2) is 29.3 Å². The number of halogens is 1. The fourth-order valence-corrected chi connectivity index (χ4v) is 3.58. The van der Waals surface area contributed by atoms with Gasteiger partial charge in [0, 0.05) is 19.2 Å². The molecule has 1 amide bonds. The normalized spacial score (nSPS) is 10.8. The average Bonchev–Trinajstić information content (AvgIpc) is 2.90. The summed E-state index contributed by atoms with van der Waals surface area (Å²) >= 11 is 7.09. The van der Waals surface area contributed by atoms with Gasteiger partial charge >= 0.3 is 0 Å². The molecule has 128 valence electrons. The summed E-state index contributed by atoms with van der Waals surface area (Å²) in [5, 5.41) is 13.8. The number of rotatable bonds is 3. The summed E-state index contributed by atoms with van der Waals surface area (Å²) in [7, 11) is 1.59. The zero-order valence-corrected chi connectivity index (χ0v) is 14.6. The number of amides is 1. The van der Waals surface area contributed by atoms with E-state index in [0.29, 0.717) is 20.7 Å². The largest absolute Gasteiger partial charge is 0.320 e. The molecule has 0 aliphatic heterocycles. The molecule has 25 heavy (non-hydrogen) atoms. The van der Waals surface area contributed by atoms with E-state index in [0.717, 1.165) is 17.4 Å². The van der Waals surface area contributed by atoms with Crippen LogP contribution in [0.3, 0.4) is 0 Å². The van der Waals surface area contributed by atoms with Crippen LogP contribution in [0.2, 0.25) is 5.02 Å². The van der Waals surface area contributed by atoms with E-state index in [-0.39, 0.29) is 22.0 Å². The van der Waals surface area contributed by atoms with Crippen LogP contribution in [0.1, 0.15) is 15.2 Å². The number of aromatic nitrogens is 2.